The smallest absolute Gasteiger partial charge is 0.211 e. The van der Waals surface area contributed by atoms with Gasteiger partial charge in [-0.25, -0.2) is 8.42 Å². The zero-order chi connectivity index (χ0) is 13.5. The second-order valence-corrected chi connectivity index (χ2v) is 8.63. The first-order valence-electron chi connectivity index (χ1n) is 6.13. The molecule has 7 heteroatoms. The van der Waals surface area contributed by atoms with Gasteiger partial charge < -0.3 is 4.74 Å². The molecule has 1 atom stereocenters. The Labute approximate surface area is 117 Å². The molecule has 2 fully saturated rings. The largest absolute Gasteiger partial charge is 0.488 e. The second kappa shape index (κ2) is 4.64. The number of aromatic nitrogens is 1. The third-order valence-electron chi connectivity index (χ3n) is 3.51. The second-order valence-electron chi connectivity index (χ2n) is 5.16. The maximum atomic E-state index is 11.4. The number of ether oxygens (including phenoxy) is 1. The van der Waals surface area contributed by atoms with Gasteiger partial charge in [0.15, 0.2) is 0 Å². The van der Waals surface area contributed by atoms with E-state index in [0.29, 0.717) is 13.1 Å². The van der Waals surface area contributed by atoms with Gasteiger partial charge in [-0.1, -0.05) is 0 Å². The number of thioether (sulfide) groups is 1. The van der Waals surface area contributed by atoms with Crippen molar-refractivity contribution in [1.29, 1.82) is 0 Å². The van der Waals surface area contributed by atoms with E-state index in [-0.39, 0.29) is 10.9 Å². The van der Waals surface area contributed by atoms with Gasteiger partial charge in [0.1, 0.15) is 11.9 Å². The monoisotopic (exact) mass is 300 g/mol. The lowest BCUT2D eigenvalue weighted by Crippen LogP contribution is -2.60. The molecular weight excluding hydrogens is 284 g/mol. The number of nitrogens with zero attached hydrogens (tertiary/aromatic N) is 2. The van der Waals surface area contributed by atoms with Crippen molar-refractivity contribution in [3.8, 4) is 5.75 Å². The van der Waals surface area contributed by atoms with Gasteiger partial charge >= 0.3 is 0 Å². The summed E-state index contributed by atoms with van der Waals surface area (Å²) in [5.74, 6) is 1.69. The summed E-state index contributed by atoms with van der Waals surface area (Å²) in [5, 5.41) is 0. The van der Waals surface area contributed by atoms with Crippen LogP contribution >= 0.6 is 11.8 Å². The molecule has 2 saturated heterocycles. The summed E-state index contributed by atoms with van der Waals surface area (Å²) in [7, 11) is -3.04. The van der Waals surface area contributed by atoms with Crippen molar-refractivity contribution in [2.24, 2.45) is 0 Å². The molecule has 0 unspecified atom stereocenters. The van der Waals surface area contributed by atoms with Crippen molar-refractivity contribution in [3.63, 3.8) is 0 Å². The van der Waals surface area contributed by atoms with Gasteiger partial charge in [0, 0.05) is 36.2 Å². The quantitative estimate of drug-likeness (QED) is 0.833. The van der Waals surface area contributed by atoms with Gasteiger partial charge in [-0.2, -0.15) is 4.31 Å². The van der Waals surface area contributed by atoms with E-state index in [9.17, 15) is 8.42 Å². The first-order chi connectivity index (χ1) is 8.97. The average Bonchev–Trinajstić information content (AvgIpc) is 2.71. The van der Waals surface area contributed by atoms with Crippen molar-refractivity contribution >= 4 is 21.8 Å². The van der Waals surface area contributed by atoms with Gasteiger partial charge in [-0.05, 0) is 12.1 Å². The molecule has 0 aliphatic carbocycles. The van der Waals surface area contributed by atoms with E-state index in [4.69, 9.17) is 4.74 Å². The minimum absolute atomic E-state index is 0.0654. The Morgan fingerprint density at radius 1 is 1.53 bits per heavy atom. The van der Waals surface area contributed by atoms with Gasteiger partial charge in [0.05, 0.1) is 12.5 Å². The van der Waals surface area contributed by atoms with Crippen LogP contribution in [-0.4, -0.2) is 53.7 Å². The summed E-state index contributed by atoms with van der Waals surface area (Å²) in [6.45, 7) is 1.23. The molecule has 2 aliphatic rings. The molecule has 5 nitrogen and oxygen atoms in total. The number of hydrogen-bond donors (Lipinski definition) is 0. The highest BCUT2D eigenvalue weighted by Gasteiger charge is 2.52. The summed E-state index contributed by atoms with van der Waals surface area (Å²) in [6.07, 6.45) is 5.74. The normalized spacial score (nSPS) is 26.3. The van der Waals surface area contributed by atoms with Crippen LogP contribution in [0.5, 0.6) is 5.75 Å². The SMILES string of the molecule is CS(=O)(=O)N1CC2(C[C@H](Oc3cccnc3)CS2)C1. The number of hydrogen-bond acceptors (Lipinski definition) is 5. The van der Waals surface area contributed by atoms with Crippen LogP contribution in [0.15, 0.2) is 24.5 Å². The fraction of sp³-hybridized carbons (Fsp3) is 0.583. The maximum absolute atomic E-state index is 11.4. The topological polar surface area (TPSA) is 59.5 Å². The highest BCUT2D eigenvalue weighted by Crippen LogP contribution is 2.46. The van der Waals surface area contributed by atoms with Crippen LogP contribution in [0.1, 0.15) is 6.42 Å². The summed E-state index contributed by atoms with van der Waals surface area (Å²) < 4.78 is 30.3. The van der Waals surface area contributed by atoms with E-state index in [1.807, 2.05) is 23.9 Å². The van der Waals surface area contributed by atoms with Crippen molar-refractivity contribution in [2.45, 2.75) is 17.3 Å². The van der Waals surface area contributed by atoms with E-state index < -0.39 is 10.0 Å². The van der Waals surface area contributed by atoms with E-state index in [1.165, 1.54) is 10.6 Å². The van der Waals surface area contributed by atoms with Crippen LogP contribution in [0.2, 0.25) is 0 Å². The van der Waals surface area contributed by atoms with Crippen LogP contribution in [0.25, 0.3) is 0 Å². The Bertz CT molecular complexity index is 556. The summed E-state index contributed by atoms with van der Waals surface area (Å²) in [4.78, 5) is 4.02. The standard InChI is InChI=1S/C12H16N2O3S2/c1-19(15,16)14-8-12(9-14)5-11(7-18-12)17-10-3-2-4-13-6-10/h2-4,6,11H,5,7-9H2,1H3/t11-/m0/s1. The molecule has 0 aromatic carbocycles. The molecule has 0 bridgehead atoms. The molecule has 1 aromatic rings. The molecule has 19 heavy (non-hydrogen) atoms. The van der Waals surface area contributed by atoms with Gasteiger partial charge in [-0.3, -0.25) is 4.98 Å². The lowest BCUT2D eigenvalue weighted by atomic mass is 9.95. The van der Waals surface area contributed by atoms with Crippen LogP contribution in [0.3, 0.4) is 0 Å². The van der Waals surface area contributed by atoms with Crippen LogP contribution in [0, 0.1) is 0 Å². The molecule has 0 saturated carbocycles. The number of pyridine rings is 1. The van der Waals surface area contributed by atoms with Gasteiger partial charge in [0.2, 0.25) is 10.0 Å². The molecule has 3 heterocycles. The van der Waals surface area contributed by atoms with Crippen molar-refractivity contribution in [3.05, 3.63) is 24.5 Å². The molecule has 0 radical (unpaired) electrons. The molecule has 0 N–H and O–H groups in total. The fourth-order valence-corrected chi connectivity index (χ4v) is 5.19. The Morgan fingerprint density at radius 2 is 2.32 bits per heavy atom. The van der Waals surface area contributed by atoms with E-state index in [0.717, 1.165) is 17.9 Å². The van der Waals surface area contributed by atoms with Crippen LogP contribution in [0.4, 0.5) is 0 Å². The number of sulfonamides is 1. The van der Waals surface area contributed by atoms with E-state index >= 15 is 0 Å². The molecule has 104 valence electrons. The van der Waals surface area contributed by atoms with Crippen molar-refractivity contribution in [2.75, 3.05) is 25.1 Å². The third-order valence-corrected chi connectivity index (χ3v) is 6.28. The van der Waals surface area contributed by atoms with Crippen LogP contribution in [-0.2, 0) is 10.0 Å². The molecule has 0 amide bonds. The third kappa shape index (κ3) is 2.73. The lowest BCUT2D eigenvalue weighted by Gasteiger charge is -2.45. The molecular formula is C12H16N2O3S2. The molecule has 1 aromatic heterocycles. The fourth-order valence-electron chi connectivity index (χ4n) is 2.54. The number of rotatable bonds is 3. The average molecular weight is 300 g/mol. The molecule has 3 rings (SSSR count). The highest BCUT2D eigenvalue weighted by atomic mass is 32.2. The van der Waals surface area contributed by atoms with Gasteiger partial charge in [-0.15, -0.1) is 11.8 Å². The Hall–Kier alpha value is -0.790. The zero-order valence-electron chi connectivity index (χ0n) is 10.7. The Kier molecular flexibility index (Phi) is 3.23. The summed E-state index contributed by atoms with van der Waals surface area (Å²) in [6, 6.07) is 3.74. The van der Waals surface area contributed by atoms with Crippen molar-refractivity contribution in [1.82, 2.24) is 9.29 Å². The van der Waals surface area contributed by atoms with Crippen LogP contribution < -0.4 is 4.74 Å². The predicted molar refractivity (Wildman–Crippen MR) is 74.9 cm³/mol. The minimum Gasteiger partial charge on any atom is -0.488 e. The minimum atomic E-state index is -3.04. The first-order valence-corrected chi connectivity index (χ1v) is 8.96. The predicted octanol–water partition coefficient (Wildman–Crippen LogP) is 0.980. The summed E-state index contributed by atoms with van der Waals surface area (Å²) in [5.41, 5.74) is 0. The molecule has 2 aliphatic heterocycles. The maximum Gasteiger partial charge on any atom is 0.211 e. The lowest BCUT2D eigenvalue weighted by molar-refractivity contribution is 0.159. The summed E-state index contributed by atoms with van der Waals surface area (Å²) >= 11 is 1.83. The van der Waals surface area contributed by atoms with Gasteiger partial charge in [0.25, 0.3) is 0 Å². The van der Waals surface area contributed by atoms with E-state index in [1.54, 1.807) is 12.4 Å². The Balaban J connectivity index is 1.57. The van der Waals surface area contributed by atoms with E-state index in [2.05, 4.69) is 4.98 Å². The first kappa shape index (κ1) is 13.2. The van der Waals surface area contributed by atoms with Crippen molar-refractivity contribution < 1.29 is 13.2 Å². The Morgan fingerprint density at radius 3 is 2.95 bits per heavy atom. The zero-order valence-corrected chi connectivity index (χ0v) is 12.3. The molecule has 1 spiro atoms. The highest BCUT2D eigenvalue weighted by molar-refractivity contribution is 8.01.